The number of nitrogens with one attached hydrogen (secondary N) is 2. The highest BCUT2D eigenvalue weighted by Gasteiger charge is 2.04. The zero-order valence-corrected chi connectivity index (χ0v) is 12.9. The smallest absolute Gasteiger partial charge is 0.255 e. The topological polar surface area (TPSA) is 58.2 Å². The number of halogens is 2. The third-order valence-corrected chi connectivity index (χ3v) is 3.23. The quantitative estimate of drug-likeness (QED) is 0.896. The summed E-state index contributed by atoms with van der Waals surface area (Å²) >= 11 is 11.5. The fraction of sp³-hybridized carbons (Fsp3) is 0. The van der Waals surface area contributed by atoms with E-state index in [-0.39, 0.29) is 11.8 Å². The molecule has 2 aromatic carbocycles. The van der Waals surface area contributed by atoms with E-state index in [1.807, 2.05) is 0 Å². The summed E-state index contributed by atoms with van der Waals surface area (Å²) in [5, 5.41) is 6.19. The fourth-order valence-electron chi connectivity index (χ4n) is 1.60. The lowest BCUT2D eigenvalue weighted by Crippen LogP contribution is -2.21. The van der Waals surface area contributed by atoms with E-state index in [1.54, 1.807) is 48.5 Å². The first-order valence-electron chi connectivity index (χ1n) is 6.34. The minimum Gasteiger partial charge on any atom is -0.327 e. The maximum absolute atomic E-state index is 11.8. The van der Waals surface area contributed by atoms with Crippen molar-refractivity contribution in [2.45, 2.75) is 0 Å². The molecule has 2 rings (SSSR count). The molecule has 0 atom stereocenters. The Kier molecular flexibility index (Phi) is 5.58. The lowest BCUT2D eigenvalue weighted by atomic mass is 10.2. The van der Waals surface area contributed by atoms with Gasteiger partial charge in [0.05, 0.1) is 0 Å². The summed E-state index contributed by atoms with van der Waals surface area (Å²) < 4.78 is 0. The molecule has 4 nitrogen and oxygen atoms in total. The predicted octanol–water partition coefficient (Wildman–Crippen LogP) is 3.62. The highest BCUT2D eigenvalue weighted by Crippen LogP contribution is 2.10. The van der Waals surface area contributed by atoms with Gasteiger partial charge in [-0.15, -0.1) is 0 Å². The molecule has 0 aliphatic heterocycles. The van der Waals surface area contributed by atoms with Gasteiger partial charge < -0.3 is 10.6 Å². The highest BCUT2D eigenvalue weighted by atomic mass is 35.5. The highest BCUT2D eigenvalue weighted by molar-refractivity contribution is 6.31. The lowest BCUT2D eigenvalue weighted by Gasteiger charge is -2.02. The van der Waals surface area contributed by atoms with Crippen molar-refractivity contribution in [2.75, 3.05) is 0 Å². The van der Waals surface area contributed by atoms with E-state index in [2.05, 4.69) is 10.6 Å². The molecule has 112 valence electrons. The molecule has 6 heteroatoms. The Morgan fingerprint density at radius 3 is 1.32 bits per heavy atom. The second-order valence-corrected chi connectivity index (χ2v) is 5.17. The van der Waals surface area contributed by atoms with Gasteiger partial charge in [-0.2, -0.15) is 0 Å². The van der Waals surface area contributed by atoms with Crippen LogP contribution in [0.25, 0.3) is 0 Å². The van der Waals surface area contributed by atoms with Crippen molar-refractivity contribution >= 4 is 35.0 Å². The maximum Gasteiger partial charge on any atom is 0.255 e. The van der Waals surface area contributed by atoms with E-state index < -0.39 is 0 Å². The van der Waals surface area contributed by atoms with Crippen molar-refractivity contribution in [3.05, 3.63) is 82.1 Å². The lowest BCUT2D eigenvalue weighted by molar-refractivity contribution is 0.0956. The molecule has 22 heavy (non-hydrogen) atoms. The number of benzene rings is 2. The molecule has 0 saturated heterocycles. The zero-order chi connectivity index (χ0) is 15.9. The van der Waals surface area contributed by atoms with E-state index in [0.29, 0.717) is 21.2 Å². The van der Waals surface area contributed by atoms with Crippen LogP contribution in [-0.4, -0.2) is 11.8 Å². The third kappa shape index (κ3) is 4.62. The van der Waals surface area contributed by atoms with Crippen molar-refractivity contribution < 1.29 is 9.59 Å². The maximum atomic E-state index is 11.8. The molecule has 2 aromatic rings. The standard InChI is InChI=1S/C16H12Cl2N2O2/c17-13-5-1-11(2-6-13)15(21)19-9-10-20-16(22)12-3-7-14(18)8-4-12/h1-10H,(H,19,21)(H,20,22)/b10-9+. The largest absolute Gasteiger partial charge is 0.327 e. The Hall–Kier alpha value is -2.30. The van der Waals surface area contributed by atoms with Crippen molar-refractivity contribution in [1.82, 2.24) is 10.6 Å². The Bertz CT molecular complexity index is 634. The van der Waals surface area contributed by atoms with Crippen molar-refractivity contribution in [3.8, 4) is 0 Å². The Balaban J connectivity index is 1.85. The average Bonchev–Trinajstić information content (AvgIpc) is 2.52. The molecule has 0 radical (unpaired) electrons. The number of hydrogen-bond acceptors (Lipinski definition) is 2. The molecule has 0 aliphatic rings. The summed E-state index contributed by atoms with van der Waals surface area (Å²) in [5.41, 5.74) is 0.941. The van der Waals surface area contributed by atoms with E-state index in [1.165, 1.54) is 12.4 Å². The fourth-order valence-corrected chi connectivity index (χ4v) is 1.86. The number of carbonyl (C=O) groups excluding carboxylic acids is 2. The van der Waals surface area contributed by atoms with Crippen LogP contribution in [0.3, 0.4) is 0 Å². The molecular weight excluding hydrogens is 323 g/mol. The Labute approximate surface area is 137 Å². The number of hydrogen-bond donors (Lipinski definition) is 2. The summed E-state index contributed by atoms with van der Waals surface area (Å²) in [6.07, 6.45) is 2.70. The molecule has 0 bridgehead atoms. The predicted molar refractivity (Wildman–Crippen MR) is 87.0 cm³/mol. The van der Waals surface area contributed by atoms with Crippen LogP contribution in [0.5, 0.6) is 0 Å². The van der Waals surface area contributed by atoms with E-state index in [0.717, 1.165) is 0 Å². The second kappa shape index (κ2) is 7.64. The number of amides is 2. The van der Waals surface area contributed by atoms with Gasteiger partial charge in [-0.3, -0.25) is 9.59 Å². The molecule has 2 N–H and O–H groups in total. The molecule has 0 saturated carbocycles. The van der Waals surface area contributed by atoms with Crippen LogP contribution in [-0.2, 0) is 0 Å². The van der Waals surface area contributed by atoms with Crippen LogP contribution in [0.15, 0.2) is 60.9 Å². The van der Waals surface area contributed by atoms with Gasteiger partial charge in [0.15, 0.2) is 0 Å². The van der Waals surface area contributed by atoms with Crippen LogP contribution in [0.4, 0.5) is 0 Å². The molecule has 0 spiro atoms. The van der Waals surface area contributed by atoms with Gasteiger partial charge in [-0.1, -0.05) is 23.2 Å². The van der Waals surface area contributed by atoms with E-state index >= 15 is 0 Å². The monoisotopic (exact) mass is 334 g/mol. The second-order valence-electron chi connectivity index (χ2n) is 4.29. The average molecular weight is 335 g/mol. The molecule has 0 aliphatic carbocycles. The minimum absolute atomic E-state index is 0.298. The molecule has 0 heterocycles. The van der Waals surface area contributed by atoms with Crippen LogP contribution >= 0.6 is 23.2 Å². The van der Waals surface area contributed by atoms with Gasteiger partial charge in [0.25, 0.3) is 11.8 Å². The molecule has 0 aromatic heterocycles. The van der Waals surface area contributed by atoms with Crippen LogP contribution in [0.2, 0.25) is 10.0 Å². The van der Waals surface area contributed by atoms with Gasteiger partial charge in [-0.05, 0) is 48.5 Å². The summed E-state index contributed by atoms with van der Waals surface area (Å²) in [5.74, 6) is -0.595. The first kappa shape index (κ1) is 16.1. The van der Waals surface area contributed by atoms with Crippen LogP contribution in [0, 0.1) is 0 Å². The zero-order valence-electron chi connectivity index (χ0n) is 11.3. The van der Waals surface area contributed by atoms with Crippen LogP contribution < -0.4 is 10.6 Å². The normalized spacial score (nSPS) is 10.5. The summed E-state index contributed by atoms with van der Waals surface area (Å²) in [6.45, 7) is 0. The molecule has 0 unspecified atom stereocenters. The van der Waals surface area contributed by atoms with Crippen molar-refractivity contribution in [3.63, 3.8) is 0 Å². The van der Waals surface area contributed by atoms with Gasteiger partial charge in [0, 0.05) is 33.6 Å². The van der Waals surface area contributed by atoms with Crippen molar-refractivity contribution in [2.24, 2.45) is 0 Å². The summed E-state index contributed by atoms with van der Waals surface area (Å²) in [7, 11) is 0. The SMILES string of the molecule is O=C(N/C=C/NC(=O)c1ccc(Cl)cc1)c1ccc(Cl)cc1. The van der Waals surface area contributed by atoms with Gasteiger partial charge in [0.2, 0.25) is 0 Å². The third-order valence-electron chi connectivity index (χ3n) is 2.73. The van der Waals surface area contributed by atoms with Gasteiger partial charge in [-0.25, -0.2) is 0 Å². The molecular formula is C16H12Cl2N2O2. The molecule has 2 amide bonds. The van der Waals surface area contributed by atoms with E-state index in [9.17, 15) is 9.59 Å². The van der Waals surface area contributed by atoms with Gasteiger partial charge in [0.1, 0.15) is 0 Å². The Morgan fingerprint density at radius 2 is 1.00 bits per heavy atom. The minimum atomic E-state index is -0.298. The molecule has 0 fully saturated rings. The summed E-state index contributed by atoms with van der Waals surface area (Å²) in [6, 6.07) is 12.9. The first-order chi connectivity index (χ1) is 10.6. The number of carbonyl (C=O) groups is 2. The van der Waals surface area contributed by atoms with Crippen molar-refractivity contribution in [1.29, 1.82) is 0 Å². The Morgan fingerprint density at radius 1 is 0.682 bits per heavy atom. The van der Waals surface area contributed by atoms with Crippen LogP contribution in [0.1, 0.15) is 20.7 Å². The van der Waals surface area contributed by atoms with E-state index in [4.69, 9.17) is 23.2 Å². The summed E-state index contributed by atoms with van der Waals surface area (Å²) in [4.78, 5) is 23.6. The number of rotatable bonds is 4. The van der Waals surface area contributed by atoms with Gasteiger partial charge >= 0.3 is 0 Å². The first-order valence-corrected chi connectivity index (χ1v) is 7.10.